The first-order chi connectivity index (χ1) is 21.8. The third-order valence-corrected chi connectivity index (χ3v) is 9.18. The highest BCUT2D eigenvalue weighted by Gasteiger charge is 2.44. The minimum atomic E-state index is -5.02. The van der Waals surface area contributed by atoms with Crippen molar-refractivity contribution in [3.63, 3.8) is 0 Å². The maximum atomic E-state index is 13.4. The van der Waals surface area contributed by atoms with Crippen LogP contribution in [0.15, 0.2) is 70.9 Å². The van der Waals surface area contributed by atoms with Crippen molar-refractivity contribution >= 4 is 22.3 Å². The minimum absolute atomic E-state index is 0.0382. The van der Waals surface area contributed by atoms with E-state index in [4.69, 9.17) is 4.74 Å². The smallest absolute Gasteiger partial charge is 0.416 e. The standard InChI is InChI=1S/C33H30F6N4O3/c1-3-18-16-43-9-7-19(18)12-26(43)27(23-6-8-40-25-5-4-22(46-2)14-24(23)25)42-29-28(30(44)31(29)45)41-15-17-10-20(32(34,35)36)13-21(11-17)33(37,38)39/h3-6,8,10-11,13-14,18-19,26-27,41-42H,1,7,9,12,15-16H2,2H3/t18-,19-,26-,27-/m0/s1. The van der Waals surface area contributed by atoms with E-state index in [2.05, 4.69) is 27.1 Å². The van der Waals surface area contributed by atoms with Crippen LogP contribution in [0.3, 0.4) is 0 Å². The van der Waals surface area contributed by atoms with E-state index in [1.165, 1.54) is 7.11 Å². The highest BCUT2D eigenvalue weighted by atomic mass is 19.4. The van der Waals surface area contributed by atoms with Crippen molar-refractivity contribution < 1.29 is 31.1 Å². The molecule has 3 aliphatic heterocycles. The van der Waals surface area contributed by atoms with Crippen molar-refractivity contribution in [3.05, 3.63) is 104 Å². The Bertz CT molecular complexity index is 1830. The fourth-order valence-electron chi connectivity index (χ4n) is 6.82. The number of fused-ring (bicyclic) bond motifs is 4. The summed E-state index contributed by atoms with van der Waals surface area (Å²) in [5, 5.41) is 6.68. The molecule has 5 atom stereocenters. The molecule has 2 bridgehead atoms. The molecule has 0 aliphatic carbocycles. The van der Waals surface area contributed by atoms with Crippen molar-refractivity contribution in [1.29, 1.82) is 0 Å². The number of piperidine rings is 3. The lowest BCUT2D eigenvalue weighted by molar-refractivity contribution is -0.143. The van der Waals surface area contributed by atoms with Gasteiger partial charge in [-0.05, 0) is 84.8 Å². The molecule has 1 unspecified atom stereocenters. The number of halogens is 6. The molecule has 0 spiro atoms. The van der Waals surface area contributed by atoms with E-state index in [9.17, 15) is 35.9 Å². The molecule has 0 amide bonds. The van der Waals surface area contributed by atoms with Crippen LogP contribution in [-0.4, -0.2) is 36.1 Å². The summed E-state index contributed by atoms with van der Waals surface area (Å²) in [7, 11) is 1.54. The number of aromatic nitrogens is 1. The van der Waals surface area contributed by atoms with Gasteiger partial charge in [-0.1, -0.05) is 6.08 Å². The van der Waals surface area contributed by atoms with Crippen molar-refractivity contribution in [2.24, 2.45) is 11.8 Å². The van der Waals surface area contributed by atoms with Crippen molar-refractivity contribution in [2.45, 2.75) is 43.8 Å². The van der Waals surface area contributed by atoms with Crippen molar-refractivity contribution in [3.8, 4) is 5.75 Å². The van der Waals surface area contributed by atoms with Gasteiger partial charge in [-0.25, -0.2) is 0 Å². The number of methoxy groups -OCH3 is 1. The number of alkyl halides is 6. The number of hydrogen-bond donors (Lipinski definition) is 2. The van der Waals surface area contributed by atoms with E-state index in [1.54, 1.807) is 12.3 Å². The minimum Gasteiger partial charge on any atom is -0.497 e. The highest BCUT2D eigenvalue weighted by Crippen LogP contribution is 2.44. The predicted octanol–water partition coefficient (Wildman–Crippen LogP) is 6.54. The Kier molecular flexibility index (Phi) is 8.07. The molecule has 242 valence electrons. The quantitative estimate of drug-likeness (QED) is 0.122. The first-order valence-corrected chi connectivity index (χ1v) is 14.7. The van der Waals surface area contributed by atoms with E-state index < -0.39 is 46.9 Å². The van der Waals surface area contributed by atoms with Gasteiger partial charge in [0.05, 0.1) is 29.8 Å². The lowest BCUT2D eigenvalue weighted by atomic mass is 9.73. The molecular weight excluding hydrogens is 614 g/mol. The Morgan fingerprint density at radius 1 is 1.02 bits per heavy atom. The monoisotopic (exact) mass is 644 g/mol. The average molecular weight is 645 g/mol. The zero-order valence-corrected chi connectivity index (χ0v) is 24.6. The number of pyridine rings is 1. The van der Waals surface area contributed by atoms with E-state index >= 15 is 0 Å². The molecule has 1 aromatic heterocycles. The number of rotatable bonds is 9. The molecule has 0 radical (unpaired) electrons. The van der Waals surface area contributed by atoms with Crippen molar-refractivity contribution in [1.82, 2.24) is 9.88 Å². The van der Waals surface area contributed by atoms with Gasteiger partial charge in [-0.2, -0.15) is 26.3 Å². The maximum Gasteiger partial charge on any atom is 0.416 e. The molecule has 7 nitrogen and oxygen atoms in total. The second kappa shape index (κ2) is 11.8. The van der Waals surface area contributed by atoms with Gasteiger partial charge in [0, 0.05) is 30.7 Å². The van der Waals surface area contributed by atoms with Crippen LogP contribution in [0.1, 0.15) is 41.1 Å². The normalized spacial score (nSPS) is 22.2. The molecule has 3 saturated heterocycles. The number of nitrogens with zero attached hydrogens (tertiary/aromatic N) is 2. The van der Waals surface area contributed by atoms with Gasteiger partial charge in [0.25, 0.3) is 10.9 Å². The highest BCUT2D eigenvalue weighted by molar-refractivity contribution is 5.85. The van der Waals surface area contributed by atoms with Crippen LogP contribution in [0.4, 0.5) is 37.7 Å². The first-order valence-electron chi connectivity index (χ1n) is 14.7. The van der Waals surface area contributed by atoms with Crippen LogP contribution in [0.25, 0.3) is 10.9 Å². The number of nitrogens with one attached hydrogen (secondary N) is 2. The van der Waals surface area contributed by atoms with Gasteiger partial charge >= 0.3 is 12.4 Å². The topological polar surface area (TPSA) is 83.6 Å². The van der Waals surface area contributed by atoms with Crippen LogP contribution >= 0.6 is 0 Å². The molecule has 13 heteroatoms. The molecule has 3 aromatic carbocycles. The summed E-state index contributed by atoms with van der Waals surface area (Å²) in [5.41, 5.74) is -3.84. The summed E-state index contributed by atoms with van der Waals surface area (Å²) in [6.07, 6.45) is -4.69. The molecule has 3 fully saturated rings. The molecule has 2 N–H and O–H groups in total. The Balaban J connectivity index is 1.36. The molecule has 46 heavy (non-hydrogen) atoms. The molecule has 4 heterocycles. The Morgan fingerprint density at radius 2 is 1.72 bits per heavy atom. The van der Waals surface area contributed by atoms with E-state index in [1.807, 2.05) is 24.3 Å². The number of benzene rings is 2. The maximum absolute atomic E-state index is 13.4. The number of hydrogen-bond acceptors (Lipinski definition) is 7. The van der Waals surface area contributed by atoms with Crippen LogP contribution in [0.5, 0.6) is 5.75 Å². The van der Waals surface area contributed by atoms with E-state index in [0.29, 0.717) is 35.2 Å². The Hall–Kier alpha value is -4.39. The summed E-state index contributed by atoms with van der Waals surface area (Å²) in [6, 6.07) is 7.82. The third-order valence-electron chi connectivity index (χ3n) is 9.18. The lowest BCUT2D eigenvalue weighted by Gasteiger charge is -2.52. The zero-order valence-electron chi connectivity index (χ0n) is 24.6. The van der Waals surface area contributed by atoms with Gasteiger partial charge in [-0.3, -0.25) is 19.5 Å². The van der Waals surface area contributed by atoms with Gasteiger partial charge in [0.1, 0.15) is 17.1 Å². The second-order valence-corrected chi connectivity index (χ2v) is 11.8. The molecule has 7 rings (SSSR count). The lowest BCUT2D eigenvalue weighted by Crippen LogP contribution is -2.56. The second-order valence-electron chi connectivity index (χ2n) is 11.8. The summed E-state index contributed by atoms with van der Waals surface area (Å²) in [5.74, 6) is 1.25. The van der Waals surface area contributed by atoms with Crippen LogP contribution < -0.4 is 26.2 Å². The summed E-state index contributed by atoms with van der Waals surface area (Å²) < 4.78 is 85.9. The fraction of sp³-hybridized carbons (Fsp3) is 0.364. The fourth-order valence-corrected chi connectivity index (χ4v) is 6.82. The van der Waals surface area contributed by atoms with E-state index in [-0.39, 0.29) is 29.0 Å². The molecule has 4 aromatic rings. The Labute approximate surface area is 259 Å². The van der Waals surface area contributed by atoms with Gasteiger partial charge in [0.2, 0.25) is 0 Å². The van der Waals surface area contributed by atoms with Gasteiger partial charge in [-0.15, -0.1) is 6.58 Å². The predicted molar refractivity (Wildman–Crippen MR) is 162 cm³/mol. The number of ether oxygens (including phenoxy) is 1. The summed E-state index contributed by atoms with van der Waals surface area (Å²) >= 11 is 0. The first kappa shape index (κ1) is 31.6. The van der Waals surface area contributed by atoms with Crippen LogP contribution in [-0.2, 0) is 18.9 Å². The van der Waals surface area contributed by atoms with E-state index in [0.717, 1.165) is 36.9 Å². The van der Waals surface area contributed by atoms with Gasteiger partial charge < -0.3 is 15.4 Å². The van der Waals surface area contributed by atoms with Gasteiger partial charge in [0.15, 0.2) is 0 Å². The third kappa shape index (κ3) is 5.83. The zero-order chi connectivity index (χ0) is 33.0. The number of anilines is 2. The van der Waals surface area contributed by atoms with Crippen LogP contribution in [0, 0.1) is 11.8 Å². The molecule has 3 aliphatic rings. The largest absolute Gasteiger partial charge is 0.497 e. The SMILES string of the molecule is C=C[C@H]1CN2CC[C@H]1C[C@H]2[C@@H](Nc1c(NCc2cc(C(F)(F)F)cc(C(F)(F)F)c2)c(=O)c1=O)c1ccnc2ccc(OC)cc12. The van der Waals surface area contributed by atoms with Crippen LogP contribution in [0.2, 0.25) is 0 Å². The molecule has 0 saturated carbocycles. The average Bonchev–Trinajstić information content (AvgIpc) is 3.04. The summed E-state index contributed by atoms with van der Waals surface area (Å²) in [4.78, 5) is 32.5. The van der Waals surface area contributed by atoms with Crippen molar-refractivity contribution in [2.75, 3.05) is 30.8 Å². The Morgan fingerprint density at radius 3 is 2.33 bits per heavy atom. The molecular formula is C33H30F6N4O3. The summed E-state index contributed by atoms with van der Waals surface area (Å²) in [6.45, 7) is 5.01.